The van der Waals surface area contributed by atoms with Crippen molar-refractivity contribution in [2.45, 2.75) is 19.9 Å². The summed E-state index contributed by atoms with van der Waals surface area (Å²) in [4.78, 5) is 24.3. The molecule has 0 saturated heterocycles. The maximum atomic E-state index is 12.3. The van der Waals surface area contributed by atoms with Crippen molar-refractivity contribution in [3.63, 3.8) is 0 Å². The summed E-state index contributed by atoms with van der Waals surface area (Å²) in [5.41, 5.74) is 0.141. The summed E-state index contributed by atoms with van der Waals surface area (Å²) in [6.07, 6.45) is 1.60. The first-order chi connectivity index (χ1) is 10.6. The second-order valence-electron chi connectivity index (χ2n) is 5.18. The van der Waals surface area contributed by atoms with E-state index in [9.17, 15) is 9.59 Å². The quantitative estimate of drug-likeness (QED) is 0.806. The molecule has 3 rings (SSSR count). The summed E-state index contributed by atoms with van der Waals surface area (Å²) in [6, 6.07) is 9.82. The highest BCUT2D eigenvalue weighted by Crippen LogP contribution is 2.16. The molecule has 0 unspecified atom stereocenters. The lowest BCUT2D eigenvalue weighted by atomic mass is 10.2. The molecule has 0 spiro atoms. The monoisotopic (exact) mass is 297 g/mol. The van der Waals surface area contributed by atoms with Crippen molar-refractivity contribution < 1.29 is 9.21 Å². The molecule has 6 heteroatoms. The summed E-state index contributed by atoms with van der Waals surface area (Å²) in [6.45, 7) is 3.91. The Labute approximate surface area is 126 Å². The van der Waals surface area contributed by atoms with Crippen LogP contribution in [0.1, 0.15) is 30.4 Å². The van der Waals surface area contributed by atoms with E-state index in [1.54, 1.807) is 41.2 Å². The lowest BCUT2D eigenvalue weighted by Gasteiger charge is -2.11. The molecular formula is C16H15N3O3. The Balaban J connectivity index is 1.96. The van der Waals surface area contributed by atoms with Crippen molar-refractivity contribution in [2.24, 2.45) is 0 Å². The number of nitrogens with one attached hydrogen (secondary N) is 1. The van der Waals surface area contributed by atoms with Gasteiger partial charge in [-0.25, -0.2) is 4.68 Å². The second kappa shape index (κ2) is 5.48. The summed E-state index contributed by atoms with van der Waals surface area (Å²) >= 11 is 0. The molecule has 1 aromatic carbocycles. The topological polar surface area (TPSA) is 77.1 Å². The van der Waals surface area contributed by atoms with Crippen LogP contribution in [0.3, 0.4) is 0 Å². The van der Waals surface area contributed by atoms with E-state index in [0.717, 1.165) is 0 Å². The van der Waals surface area contributed by atoms with Crippen LogP contribution in [0.15, 0.2) is 51.8 Å². The number of carbonyl (C=O) groups excluding carboxylic acids is 1. The van der Waals surface area contributed by atoms with Crippen molar-refractivity contribution in [3.8, 4) is 0 Å². The first-order valence-electron chi connectivity index (χ1n) is 6.94. The molecule has 1 amide bonds. The summed E-state index contributed by atoms with van der Waals surface area (Å²) in [5, 5.41) is 7.30. The van der Waals surface area contributed by atoms with Gasteiger partial charge in [0.15, 0.2) is 11.2 Å². The molecule has 6 nitrogen and oxygen atoms in total. The van der Waals surface area contributed by atoms with Crippen LogP contribution < -0.4 is 10.7 Å². The molecule has 3 aromatic rings. The van der Waals surface area contributed by atoms with Gasteiger partial charge in [-0.1, -0.05) is 12.1 Å². The van der Waals surface area contributed by atoms with Crippen LogP contribution in [0.5, 0.6) is 0 Å². The van der Waals surface area contributed by atoms with Gasteiger partial charge in [0, 0.05) is 18.2 Å². The highest BCUT2D eigenvalue weighted by atomic mass is 16.3. The van der Waals surface area contributed by atoms with Crippen LogP contribution in [0.25, 0.3) is 11.0 Å². The van der Waals surface area contributed by atoms with Gasteiger partial charge in [-0.3, -0.25) is 9.59 Å². The molecule has 0 fully saturated rings. The molecule has 0 atom stereocenters. The number of hydrogen-bond acceptors (Lipinski definition) is 4. The van der Waals surface area contributed by atoms with Crippen LogP contribution in [-0.4, -0.2) is 15.7 Å². The van der Waals surface area contributed by atoms with Gasteiger partial charge in [-0.15, -0.1) is 0 Å². The lowest BCUT2D eigenvalue weighted by molar-refractivity contribution is 0.0996. The molecule has 2 aromatic heterocycles. The molecule has 0 aliphatic rings. The standard InChI is InChI=1S/C16H15N3O3/c1-10(2)19-15(7-8-17-19)18-16(21)14-9-12(20)11-5-3-4-6-13(11)22-14/h3-10H,1-2H3,(H,18,21). The van der Waals surface area contributed by atoms with Crippen molar-refractivity contribution in [1.29, 1.82) is 0 Å². The first kappa shape index (κ1) is 14.1. The van der Waals surface area contributed by atoms with Crippen LogP contribution in [-0.2, 0) is 0 Å². The maximum absolute atomic E-state index is 12.3. The summed E-state index contributed by atoms with van der Waals surface area (Å²) < 4.78 is 7.19. The number of para-hydroxylation sites is 1. The number of amides is 1. The molecule has 22 heavy (non-hydrogen) atoms. The van der Waals surface area contributed by atoms with Gasteiger partial charge in [0.25, 0.3) is 5.91 Å². The van der Waals surface area contributed by atoms with Gasteiger partial charge in [0.05, 0.1) is 11.6 Å². The fourth-order valence-corrected chi connectivity index (χ4v) is 2.22. The Bertz CT molecular complexity index is 893. The average molecular weight is 297 g/mol. The van der Waals surface area contributed by atoms with Gasteiger partial charge in [-0.2, -0.15) is 5.10 Å². The minimum atomic E-state index is -0.481. The van der Waals surface area contributed by atoms with E-state index in [4.69, 9.17) is 4.42 Å². The second-order valence-corrected chi connectivity index (χ2v) is 5.18. The lowest BCUT2D eigenvalue weighted by Crippen LogP contribution is -2.18. The van der Waals surface area contributed by atoms with Crippen LogP contribution in [0.4, 0.5) is 5.82 Å². The van der Waals surface area contributed by atoms with Gasteiger partial charge in [0.1, 0.15) is 11.4 Å². The van der Waals surface area contributed by atoms with Gasteiger partial charge in [-0.05, 0) is 26.0 Å². The third-order valence-corrected chi connectivity index (χ3v) is 3.26. The third-order valence-electron chi connectivity index (χ3n) is 3.26. The third kappa shape index (κ3) is 2.50. The predicted molar refractivity (Wildman–Crippen MR) is 83.0 cm³/mol. The molecule has 1 N–H and O–H groups in total. The Morgan fingerprint density at radius 3 is 2.82 bits per heavy atom. The number of rotatable bonds is 3. The van der Waals surface area contributed by atoms with E-state index in [-0.39, 0.29) is 17.2 Å². The van der Waals surface area contributed by atoms with E-state index >= 15 is 0 Å². The number of hydrogen-bond donors (Lipinski definition) is 1. The maximum Gasteiger partial charge on any atom is 0.292 e. The SMILES string of the molecule is CC(C)n1nccc1NC(=O)c1cc(=O)c2ccccc2o1. The van der Waals surface area contributed by atoms with Crippen molar-refractivity contribution in [3.05, 3.63) is 58.6 Å². The minimum absolute atomic E-state index is 0.0276. The molecule has 0 radical (unpaired) electrons. The Kier molecular flexibility index (Phi) is 3.50. The predicted octanol–water partition coefficient (Wildman–Crippen LogP) is 2.82. The fourth-order valence-electron chi connectivity index (χ4n) is 2.22. The molecule has 2 heterocycles. The zero-order valence-corrected chi connectivity index (χ0v) is 12.2. The van der Waals surface area contributed by atoms with E-state index in [0.29, 0.717) is 16.8 Å². The van der Waals surface area contributed by atoms with E-state index in [1.165, 1.54) is 6.07 Å². The largest absolute Gasteiger partial charge is 0.451 e. The highest BCUT2D eigenvalue weighted by Gasteiger charge is 2.15. The number of aromatic nitrogens is 2. The Hall–Kier alpha value is -2.89. The number of anilines is 1. The van der Waals surface area contributed by atoms with E-state index < -0.39 is 5.91 Å². The fraction of sp³-hybridized carbons (Fsp3) is 0.188. The van der Waals surface area contributed by atoms with Gasteiger partial charge in [0.2, 0.25) is 0 Å². The van der Waals surface area contributed by atoms with Crippen molar-refractivity contribution in [2.75, 3.05) is 5.32 Å². The summed E-state index contributed by atoms with van der Waals surface area (Å²) in [7, 11) is 0. The smallest absolute Gasteiger partial charge is 0.292 e. The number of carbonyl (C=O) groups is 1. The van der Waals surface area contributed by atoms with E-state index in [2.05, 4.69) is 10.4 Å². The average Bonchev–Trinajstić information content (AvgIpc) is 2.95. The Morgan fingerprint density at radius 1 is 1.27 bits per heavy atom. The van der Waals surface area contributed by atoms with Gasteiger partial charge >= 0.3 is 0 Å². The first-order valence-corrected chi connectivity index (χ1v) is 6.94. The van der Waals surface area contributed by atoms with Crippen LogP contribution >= 0.6 is 0 Å². The molecule has 0 aliphatic heterocycles. The minimum Gasteiger partial charge on any atom is -0.451 e. The van der Waals surface area contributed by atoms with Gasteiger partial charge < -0.3 is 9.73 Å². The zero-order valence-electron chi connectivity index (χ0n) is 12.2. The Morgan fingerprint density at radius 2 is 2.05 bits per heavy atom. The number of fused-ring (bicyclic) bond motifs is 1. The van der Waals surface area contributed by atoms with Crippen LogP contribution in [0.2, 0.25) is 0 Å². The molecule has 0 saturated carbocycles. The normalized spacial score (nSPS) is 11.0. The van der Waals surface area contributed by atoms with Crippen molar-refractivity contribution in [1.82, 2.24) is 9.78 Å². The molecule has 112 valence electrons. The molecule has 0 bridgehead atoms. The van der Waals surface area contributed by atoms with Crippen LogP contribution in [0, 0.1) is 0 Å². The van der Waals surface area contributed by atoms with Crippen molar-refractivity contribution >= 4 is 22.7 Å². The number of nitrogens with zero attached hydrogens (tertiary/aromatic N) is 2. The molecular weight excluding hydrogens is 282 g/mol. The number of benzene rings is 1. The zero-order chi connectivity index (χ0) is 15.7. The summed E-state index contributed by atoms with van der Waals surface area (Å²) in [5.74, 6) is 0.0428. The van der Waals surface area contributed by atoms with E-state index in [1.807, 2.05) is 13.8 Å². The molecule has 0 aliphatic carbocycles. The highest BCUT2D eigenvalue weighted by molar-refractivity contribution is 6.02.